The molecule has 0 bridgehead atoms. The Kier molecular flexibility index (Phi) is 4.43. The van der Waals surface area contributed by atoms with Gasteiger partial charge in [0, 0.05) is 18.6 Å². The van der Waals surface area contributed by atoms with Crippen LogP contribution in [0.1, 0.15) is 23.0 Å². The summed E-state index contributed by atoms with van der Waals surface area (Å²) in [6.07, 6.45) is 5.20. The lowest BCUT2D eigenvalue weighted by Crippen LogP contribution is -2.06. The van der Waals surface area contributed by atoms with Crippen molar-refractivity contribution in [1.29, 1.82) is 0 Å². The van der Waals surface area contributed by atoms with Crippen LogP contribution < -0.4 is 5.32 Å². The summed E-state index contributed by atoms with van der Waals surface area (Å²) in [6, 6.07) is 7.07. The molecule has 0 fully saturated rings. The van der Waals surface area contributed by atoms with Crippen LogP contribution in [-0.2, 0) is 11.3 Å². The molecule has 0 unspecified atom stereocenters. The Morgan fingerprint density at radius 2 is 2.17 bits per heavy atom. The van der Waals surface area contributed by atoms with Gasteiger partial charge in [-0.1, -0.05) is 11.6 Å². The van der Waals surface area contributed by atoms with Gasteiger partial charge in [0.05, 0.1) is 29.4 Å². The van der Waals surface area contributed by atoms with Crippen molar-refractivity contribution in [2.75, 3.05) is 11.9 Å². The molecule has 0 spiro atoms. The lowest BCUT2D eigenvalue weighted by atomic mass is 10.3. The number of nitrogens with zero attached hydrogens (tertiary/aromatic N) is 3. The summed E-state index contributed by atoms with van der Waals surface area (Å²) < 4.78 is 6.79. The zero-order chi connectivity index (χ0) is 16.2. The van der Waals surface area contributed by atoms with Crippen LogP contribution in [0.4, 0.5) is 5.82 Å². The Labute approximate surface area is 138 Å². The molecule has 0 amide bonds. The van der Waals surface area contributed by atoms with Crippen molar-refractivity contribution in [1.82, 2.24) is 14.4 Å². The average Bonchev–Trinajstić information content (AvgIpc) is 2.95. The van der Waals surface area contributed by atoms with Crippen LogP contribution in [0.15, 0.2) is 42.9 Å². The third-order valence-electron chi connectivity index (χ3n) is 3.19. The predicted molar refractivity (Wildman–Crippen MR) is 87.7 cm³/mol. The number of esters is 1. The maximum Gasteiger partial charge on any atom is 0.339 e. The largest absolute Gasteiger partial charge is 0.462 e. The molecule has 3 rings (SSSR count). The smallest absolute Gasteiger partial charge is 0.339 e. The molecular formula is C16H15ClN4O2. The van der Waals surface area contributed by atoms with Crippen molar-refractivity contribution in [3.05, 3.63) is 59.1 Å². The minimum absolute atomic E-state index is 0.344. The molecule has 7 heteroatoms. The Morgan fingerprint density at radius 1 is 1.30 bits per heavy atom. The van der Waals surface area contributed by atoms with Gasteiger partial charge >= 0.3 is 5.97 Å². The fourth-order valence-electron chi connectivity index (χ4n) is 2.12. The highest BCUT2D eigenvalue weighted by atomic mass is 35.5. The molecule has 0 saturated heterocycles. The van der Waals surface area contributed by atoms with Gasteiger partial charge in [0.15, 0.2) is 0 Å². The zero-order valence-corrected chi connectivity index (χ0v) is 13.2. The number of fused-ring (bicyclic) bond motifs is 1. The van der Waals surface area contributed by atoms with Gasteiger partial charge in [0.2, 0.25) is 0 Å². The zero-order valence-electron chi connectivity index (χ0n) is 12.5. The molecule has 0 aliphatic heterocycles. The van der Waals surface area contributed by atoms with Crippen LogP contribution in [-0.4, -0.2) is 26.9 Å². The number of anilines is 1. The lowest BCUT2D eigenvalue weighted by Gasteiger charge is -2.05. The maximum absolute atomic E-state index is 11.6. The summed E-state index contributed by atoms with van der Waals surface area (Å²) in [6.45, 7) is 2.63. The number of hydrogen-bond donors (Lipinski definition) is 1. The van der Waals surface area contributed by atoms with Gasteiger partial charge in [-0.15, -0.1) is 0 Å². The Morgan fingerprint density at radius 3 is 2.91 bits per heavy atom. The third-order valence-corrected chi connectivity index (χ3v) is 3.41. The van der Waals surface area contributed by atoms with Crippen LogP contribution in [0.5, 0.6) is 0 Å². The van der Waals surface area contributed by atoms with E-state index >= 15 is 0 Å². The molecule has 118 valence electrons. The van der Waals surface area contributed by atoms with Gasteiger partial charge in [0.1, 0.15) is 11.5 Å². The van der Waals surface area contributed by atoms with Crippen molar-refractivity contribution in [3.8, 4) is 0 Å². The second-order valence-electron chi connectivity index (χ2n) is 4.85. The van der Waals surface area contributed by atoms with E-state index in [9.17, 15) is 4.79 Å². The Balaban J connectivity index is 1.66. The lowest BCUT2D eigenvalue weighted by molar-refractivity contribution is 0.0526. The molecule has 3 heterocycles. The molecule has 0 aliphatic rings. The number of hydrogen-bond acceptors (Lipinski definition) is 5. The summed E-state index contributed by atoms with van der Waals surface area (Å²) in [5.74, 6) is 0.289. The van der Waals surface area contributed by atoms with Gasteiger partial charge in [-0.05, 0) is 31.2 Å². The van der Waals surface area contributed by atoms with Crippen molar-refractivity contribution < 1.29 is 9.53 Å². The number of pyridine rings is 2. The first kappa shape index (κ1) is 15.3. The predicted octanol–water partition coefficient (Wildman–Crippen LogP) is 3.17. The first-order valence-electron chi connectivity index (χ1n) is 7.16. The first-order chi connectivity index (χ1) is 11.2. The van der Waals surface area contributed by atoms with E-state index in [2.05, 4.69) is 15.3 Å². The van der Waals surface area contributed by atoms with Crippen LogP contribution in [0.3, 0.4) is 0 Å². The topological polar surface area (TPSA) is 68.5 Å². The minimum Gasteiger partial charge on any atom is -0.462 e. The fourth-order valence-corrected chi connectivity index (χ4v) is 2.29. The molecule has 3 aromatic heterocycles. The number of nitrogens with one attached hydrogen (secondary N) is 1. The molecule has 0 aromatic carbocycles. The van der Waals surface area contributed by atoms with E-state index in [0.29, 0.717) is 29.6 Å². The van der Waals surface area contributed by atoms with Crippen molar-refractivity contribution in [2.45, 2.75) is 13.5 Å². The highest BCUT2D eigenvalue weighted by Crippen LogP contribution is 2.13. The number of carbonyl (C=O) groups is 1. The number of carbonyl (C=O) groups excluding carboxylic acids is 1. The van der Waals surface area contributed by atoms with Gasteiger partial charge in [-0.3, -0.25) is 0 Å². The van der Waals surface area contributed by atoms with Crippen LogP contribution in [0.25, 0.3) is 5.65 Å². The standard InChI is InChI=1S/C16H15ClN4O2/c1-2-23-16(22)11-3-5-14(18-7-11)19-8-13-10-21-9-12(17)4-6-15(21)20-13/h3-7,9-10H,2,8H2,1H3,(H,18,19). The molecule has 6 nitrogen and oxygen atoms in total. The van der Waals surface area contributed by atoms with E-state index < -0.39 is 0 Å². The first-order valence-corrected chi connectivity index (χ1v) is 7.53. The number of halogens is 1. The molecule has 0 aliphatic carbocycles. The third kappa shape index (κ3) is 3.60. The van der Waals surface area contributed by atoms with Crippen molar-refractivity contribution in [2.24, 2.45) is 0 Å². The number of imidazole rings is 1. The van der Waals surface area contributed by atoms with Crippen molar-refractivity contribution in [3.63, 3.8) is 0 Å². The molecule has 23 heavy (non-hydrogen) atoms. The summed E-state index contributed by atoms with van der Waals surface area (Å²) in [4.78, 5) is 20.2. The van der Waals surface area contributed by atoms with E-state index in [4.69, 9.17) is 16.3 Å². The van der Waals surface area contributed by atoms with Crippen molar-refractivity contribution >= 4 is 29.0 Å². The summed E-state index contributed by atoms with van der Waals surface area (Å²) in [7, 11) is 0. The molecule has 0 radical (unpaired) electrons. The molecule has 3 aromatic rings. The fraction of sp³-hybridized carbons (Fsp3) is 0.188. The van der Waals surface area contributed by atoms with Gasteiger partial charge < -0.3 is 14.5 Å². The molecule has 1 N–H and O–H groups in total. The molecule has 0 saturated carbocycles. The summed E-state index contributed by atoms with van der Waals surface area (Å²) >= 11 is 5.95. The van der Waals surface area contributed by atoms with Gasteiger partial charge in [-0.25, -0.2) is 14.8 Å². The molecule has 0 atom stereocenters. The number of rotatable bonds is 5. The quantitative estimate of drug-likeness (QED) is 0.728. The molecular weight excluding hydrogens is 316 g/mol. The van der Waals surface area contributed by atoms with E-state index in [1.54, 1.807) is 31.3 Å². The minimum atomic E-state index is -0.372. The second-order valence-corrected chi connectivity index (χ2v) is 5.29. The highest BCUT2D eigenvalue weighted by Gasteiger charge is 2.07. The van der Waals surface area contributed by atoms with Gasteiger partial charge in [-0.2, -0.15) is 0 Å². The summed E-state index contributed by atoms with van der Waals surface area (Å²) in [5, 5.41) is 3.82. The van der Waals surface area contributed by atoms with E-state index in [0.717, 1.165) is 11.3 Å². The van der Waals surface area contributed by atoms with E-state index in [-0.39, 0.29) is 5.97 Å². The maximum atomic E-state index is 11.6. The van der Waals surface area contributed by atoms with Gasteiger partial charge in [0.25, 0.3) is 0 Å². The normalized spacial score (nSPS) is 10.7. The Bertz CT molecular complexity index is 830. The van der Waals surface area contributed by atoms with Crippen LogP contribution in [0.2, 0.25) is 5.02 Å². The Hall–Kier alpha value is -2.60. The number of ether oxygens (including phenoxy) is 1. The van der Waals surface area contributed by atoms with Crippen LogP contribution in [0, 0.1) is 0 Å². The monoisotopic (exact) mass is 330 g/mol. The number of aromatic nitrogens is 3. The van der Waals surface area contributed by atoms with E-state index in [1.165, 1.54) is 6.20 Å². The van der Waals surface area contributed by atoms with E-state index in [1.807, 2.05) is 16.7 Å². The SMILES string of the molecule is CCOC(=O)c1ccc(NCc2cn3cc(Cl)ccc3n2)nc1. The second kappa shape index (κ2) is 6.66. The average molecular weight is 331 g/mol. The summed E-state index contributed by atoms with van der Waals surface area (Å²) in [5.41, 5.74) is 2.13. The van der Waals surface area contributed by atoms with Crippen LogP contribution >= 0.6 is 11.6 Å². The highest BCUT2D eigenvalue weighted by molar-refractivity contribution is 6.30.